The zero-order valence-electron chi connectivity index (χ0n) is 44.7. The van der Waals surface area contributed by atoms with Crippen molar-refractivity contribution < 1.29 is 0 Å². The van der Waals surface area contributed by atoms with E-state index >= 15 is 0 Å². The van der Waals surface area contributed by atoms with Gasteiger partial charge in [-0.15, -0.1) is 0 Å². The largest absolute Gasteiger partial charge is 0.310 e. The van der Waals surface area contributed by atoms with Gasteiger partial charge in [-0.1, -0.05) is 243 Å². The quantitative estimate of drug-likeness (QED) is 0.147. The van der Waals surface area contributed by atoms with Gasteiger partial charge in [0.25, 0.3) is 0 Å². The zero-order valence-corrected chi connectivity index (χ0v) is 44.7. The Labute approximate surface area is 445 Å². The fourth-order valence-electron chi connectivity index (χ4n) is 13.6. The van der Waals surface area contributed by atoms with Gasteiger partial charge >= 0.3 is 0 Å². The third-order valence-electron chi connectivity index (χ3n) is 17.1. The van der Waals surface area contributed by atoms with Gasteiger partial charge in [0.2, 0.25) is 0 Å². The number of anilines is 3. The maximum absolute atomic E-state index is 2.55. The average Bonchev–Trinajstić information content (AvgIpc) is 4.20. The first-order valence-electron chi connectivity index (χ1n) is 27.1. The highest BCUT2D eigenvalue weighted by Gasteiger charge is 2.52. The van der Waals surface area contributed by atoms with Crippen LogP contribution in [0.25, 0.3) is 66.8 Å². The predicted molar refractivity (Wildman–Crippen MR) is 318 cm³/mol. The van der Waals surface area contributed by atoms with Crippen molar-refractivity contribution in [3.8, 4) is 66.8 Å². The molecule has 0 aliphatic heterocycles. The molecule has 0 radical (unpaired) electrons. The summed E-state index contributed by atoms with van der Waals surface area (Å²) < 4.78 is 0. The maximum atomic E-state index is 2.55. The van der Waals surface area contributed by atoms with Crippen LogP contribution in [0, 0.1) is 10.8 Å². The Bertz CT molecular complexity index is 3840. The standard InChI is InChI=1S/C74H65N/c1-71(2,3)47-69(72(4,5)6)53-24-20-23-50(43-53)51-35-40-61-58-27-13-17-30-64(58)74(67(61)44-51)65-31-18-14-28-59(65)62-41-36-52(45-68(62)74)56-25-15-19-32-70(56)75(54-37-33-49(34-38-54)48-21-10-9-11-22-48)55-39-42-60-57-26-12-16-29-63(57)73(7,8)66(60)46-55/h9-46,69H,47H2,1-8H3. The molecule has 1 heteroatoms. The highest BCUT2D eigenvalue weighted by molar-refractivity contribution is 5.98. The van der Waals surface area contributed by atoms with E-state index in [0.717, 1.165) is 23.5 Å². The fraction of sp³-hybridized carbons (Fsp3) is 0.189. The summed E-state index contributed by atoms with van der Waals surface area (Å²) in [6, 6.07) is 87.6. The molecule has 0 N–H and O–H groups in total. The Morgan fingerprint density at radius 1 is 0.347 bits per heavy atom. The van der Waals surface area contributed by atoms with Crippen LogP contribution in [-0.2, 0) is 10.8 Å². The molecule has 0 saturated carbocycles. The second kappa shape index (κ2) is 17.3. The van der Waals surface area contributed by atoms with Crippen LogP contribution >= 0.6 is 0 Å². The lowest BCUT2D eigenvalue weighted by Crippen LogP contribution is -2.26. The fourth-order valence-corrected chi connectivity index (χ4v) is 13.6. The minimum atomic E-state index is -0.524. The zero-order chi connectivity index (χ0) is 51.4. The van der Waals surface area contributed by atoms with Crippen molar-refractivity contribution in [3.63, 3.8) is 0 Å². The minimum Gasteiger partial charge on any atom is -0.310 e. The van der Waals surface area contributed by atoms with Crippen molar-refractivity contribution in [2.24, 2.45) is 10.8 Å². The Kier molecular flexibility index (Phi) is 10.8. The van der Waals surface area contributed by atoms with E-state index in [0.29, 0.717) is 5.92 Å². The van der Waals surface area contributed by atoms with Gasteiger partial charge in [0.15, 0.2) is 0 Å². The lowest BCUT2D eigenvalue weighted by atomic mass is 9.68. The molecule has 13 rings (SSSR count). The normalized spacial score (nSPS) is 15.9. The molecule has 10 aromatic carbocycles. The van der Waals surface area contributed by atoms with Gasteiger partial charge in [-0.2, -0.15) is 0 Å². The van der Waals surface area contributed by atoms with E-state index in [9.17, 15) is 0 Å². The summed E-state index contributed by atoms with van der Waals surface area (Å²) >= 11 is 0. The van der Waals surface area contributed by atoms with E-state index in [-0.39, 0.29) is 16.2 Å². The molecule has 10 aromatic rings. The number of benzene rings is 10. The van der Waals surface area contributed by atoms with E-state index in [1.54, 1.807) is 0 Å². The molecule has 0 aromatic heterocycles. The predicted octanol–water partition coefficient (Wildman–Crippen LogP) is 20.4. The molecular formula is C74H65N. The third kappa shape index (κ3) is 7.49. The Morgan fingerprint density at radius 3 is 1.44 bits per heavy atom. The first kappa shape index (κ1) is 46.8. The highest BCUT2D eigenvalue weighted by atomic mass is 15.1. The number of para-hydroxylation sites is 1. The first-order valence-corrected chi connectivity index (χ1v) is 27.1. The van der Waals surface area contributed by atoms with E-state index in [1.807, 2.05) is 0 Å². The Balaban J connectivity index is 0.992. The van der Waals surface area contributed by atoms with E-state index in [1.165, 1.54) is 106 Å². The monoisotopic (exact) mass is 968 g/mol. The molecule has 3 aliphatic carbocycles. The second-order valence-corrected chi connectivity index (χ2v) is 24.3. The summed E-state index contributed by atoms with van der Waals surface area (Å²) in [6.45, 7) is 19.1. The SMILES string of the molecule is CC(C)(C)CC(c1cccc(-c2ccc3c(c2)C2(c4ccccc4-3)c3ccccc3-c3ccc(-c4ccccc4N(c4ccc(-c5ccccc5)cc4)c4ccc5c(c4)C(C)(C)c4ccccc4-5)cc32)c1)C(C)(C)C. The number of fused-ring (bicyclic) bond motifs is 13. The number of hydrogen-bond donors (Lipinski definition) is 0. The second-order valence-electron chi connectivity index (χ2n) is 24.3. The molecule has 0 amide bonds. The lowest BCUT2D eigenvalue weighted by molar-refractivity contribution is 0.229. The smallest absolute Gasteiger partial charge is 0.0725 e. The van der Waals surface area contributed by atoms with Crippen molar-refractivity contribution in [3.05, 3.63) is 269 Å². The minimum absolute atomic E-state index is 0.123. The molecule has 0 bridgehead atoms. The molecule has 0 fully saturated rings. The van der Waals surface area contributed by atoms with Gasteiger partial charge in [0.05, 0.1) is 11.1 Å². The van der Waals surface area contributed by atoms with Crippen LogP contribution in [-0.4, -0.2) is 0 Å². The summed E-state index contributed by atoms with van der Waals surface area (Å²) in [4.78, 5) is 2.49. The van der Waals surface area contributed by atoms with Gasteiger partial charge < -0.3 is 4.90 Å². The van der Waals surface area contributed by atoms with Gasteiger partial charge in [-0.05, 0) is 166 Å². The van der Waals surface area contributed by atoms with Crippen molar-refractivity contribution >= 4 is 17.1 Å². The van der Waals surface area contributed by atoms with Gasteiger partial charge in [0.1, 0.15) is 0 Å². The summed E-state index contributed by atoms with van der Waals surface area (Å²) in [5.41, 5.74) is 27.8. The van der Waals surface area contributed by atoms with Gasteiger partial charge in [0, 0.05) is 22.4 Å². The van der Waals surface area contributed by atoms with Gasteiger partial charge in [-0.25, -0.2) is 0 Å². The van der Waals surface area contributed by atoms with E-state index in [2.05, 4.69) is 291 Å². The number of nitrogens with zero attached hydrogens (tertiary/aromatic N) is 1. The molecule has 1 nitrogen and oxygen atoms in total. The van der Waals surface area contributed by atoms with Gasteiger partial charge in [-0.3, -0.25) is 0 Å². The molecule has 3 aliphatic rings. The van der Waals surface area contributed by atoms with E-state index < -0.39 is 5.41 Å². The molecule has 75 heavy (non-hydrogen) atoms. The third-order valence-corrected chi connectivity index (χ3v) is 17.1. The molecule has 1 spiro atoms. The molecule has 0 saturated heterocycles. The summed E-state index contributed by atoms with van der Waals surface area (Å²) in [5.74, 6) is 0.425. The molecule has 366 valence electrons. The molecule has 2 unspecified atom stereocenters. The van der Waals surface area contributed by atoms with Crippen molar-refractivity contribution in [2.75, 3.05) is 4.90 Å². The summed E-state index contributed by atoms with van der Waals surface area (Å²) in [6.07, 6.45) is 1.13. The lowest BCUT2D eigenvalue weighted by Gasteiger charge is -2.36. The topological polar surface area (TPSA) is 3.24 Å². The summed E-state index contributed by atoms with van der Waals surface area (Å²) in [7, 11) is 0. The maximum Gasteiger partial charge on any atom is 0.0725 e. The Hall–Kier alpha value is -8.00. The number of hydrogen-bond acceptors (Lipinski definition) is 1. The number of rotatable bonds is 8. The van der Waals surface area contributed by atoms with Crippen molar-refractivity contribution in [1.29, 1.82) is 0 Å². The van der Waals surface area contributed by atoms with Crippen molar-refractivity contribution in [1.82, 2.24) is 0 Å². The van der Waals surface area contributed by atoms with Crippen molar-refractivity contribution in [2.45, 2.75) is 78.6 Å². The van der Waals surface area contributed by atoms with Crippen LogP contribution in [0.15, 0.2) is 231 Å². The van der Waals surface area contributed by atoms with E-state index in [4.69, 9.17) is 0 Å². The first-order chi connectivity index (χ1) is 36.2. The van der Waals surface area contributed by atoms with Crippen LogP contribution in [0.2, 0.25) is 0 Å². The van der Waals surface area contributed by atoms with Crippen LogP contribution in [0.5, 0.6) is 0 Å². The van der Waals surface area contributed by atoms with Crippen LogP contribution < -0.4 is 4.90 Å². The van der Waals surface area contributed by atoms with Crippen LogP contribution in [0.1, 0.15) is 107 Å². The molecule has 2 atom stereocenters. The highest BCUT2D eigenvalue weighted by Crippen LogP contribution is 2.64. The van der Waals surface area contributed by atoms with Crippen LogP contribution in [0.4, 0.5) is 17.1 Å². The summed E-state index contributed by atoms with van der Waals surface area (Å²) in [5, 5.41) is 0. The molecular weight excluding hydrogens is 903 g/mol. The van der Waals surface area contributed by atoms with Crippen LogP contribution in [0.3, 0.4) is 0 Å². The molecule has 0 heterocycles. The average molecular weight is 968 g/mol. The Morgan fingerprint density at radius 2 is 0.800 bits per heavy atom.